The van der Waals surface area contributed by atoms with Crippen molar-refractivity contribution in [1.82, 2.24) is 0 Å². The van der Waals surface area contributed by atoms with Gasteiger partial charge in [0.05, 0.1) is 17.9 Å². The minimum atomic E-state index is -5.02. The lowest BCUT2D eigenvalue weighted by Gasteiger charge is -2.13. The van der Waals surface area contributed by atoms with E-state index in [-0.39, 0.29) is 23.8 Å². The highest BCUT2D eigenvalue weighted by molar-refractivity contribution is 6.02. The molecule has 1 aromatic rings. The first kappa shape index (κ1) is 17.0. The van der Waals surface area contributed by atoms with Crippen LogP contribution >= 0.6 is 0 Å². The van der Waals surface area contributed by atoms with Crippen LogP contribution in [0.3, 0.4) is 0 Å². The monoisotopic (exact) mass is 303 g/mol. The SMILES string of the molecule is CCC(C)COC(=O)c1ccccc1NC(=O)C(F)(F)F. The Kier molecular flexibility index (Phi) is 5.75. The van der Waals surface area contributed by atoms with Crippen LogP contribution in [0.1, 0.15) is 30.6 Å². The van der Waals surface area contributed by atoms with Crippen molar-refractivity contribution < 1.29 is 27.5 Å². The second-order valence-corrected chi connectivity index (χ2v) is 4.61. The molecule has 4 nitrogen and oxygen atoms in total. The Balaban J connectivity index is 2.84. The molecule has 7 heteroatoms. The Morgan fingerprint density at radius 1 is 1.29 bits per heavy atom. The van der Waals surface area contributed by atoms with Crippen molar-refractivity contribution >= 4 is 17.6 Å². The van der Waals surface area contributed by atoms with E-state index in [0.29, 0.717) is 0 Å². The Hall–Kier alpha value is -2.05. The van der Waals surface area contributed by atoms with Crippen molar-refractivity contribution in [3.63, 3.8) is 0 Å². The van der Waals surface area contributed by atoms with Crippen molar-refractivity contribution in [2.45, 2.75) is 26.4 Å². The van der Waals surface area contributed by atoms with Gasteiger partial charge in [0.2, 0.25) is 0 Å². The molecule has 0 spiro atoms. The van der Waals surface area contributed by atoms with Crippen molar-refractivity contribution in [2.75, 3.05) is 11.9 Å². The fraction of sp³-hybridized carbons (Fsp3) is 0.429. The highest BCUT2D eigenvalue weighted by atomic mass is 19.4. The third kappa shape index (κ3) is 5.09. The summed E-state index contributed by atoms with van der Waals surface area (Å²) in [7, 11) is 0. The predicted octanol–water partition coefficient (Wildman–Crippen LogP) is 3.39. The van der Waals surface area contributed by atoms with Gasteiger partial charge in [0.25, 0.3) is 0 Å². The average molecular weight is 303 g/mol. The molecule has 1 amide bonds. The summed E-state index contributed by atoms with van der Waals surface area (Å²) in [5.74, 6) is -2.76. The molecule has 1 N–H and O–H groups in total. The van der Waals surface area contributed by atoms with E-state index in [9.17, 15) is 22.8 Å². The van der Waals surface area contributed by atoms with E-state index < -0.39 is 18.1 Å². The maximum Gasteiger partial charge on any atom is 0.471 e. The third-order valence-electron chi connectivity index (χ3n) is 2.85. The van der Waals surface area contributed by atoms with Gasteiger partial charge in [-0.25, -0.2) is 4.79 Å². The molecular formula is C14H16F3NO3. The number of benzene rings is 1. The van der Waals surface area contributed by atoms with Crippen LogP contribution in [0.4, 0.5) is 18.9 Å². The molecule has 1 rings (SSSR count). The first-order chi connectivity index (χ1) is 9.75. The molecule has 0 aliphatic rings. The van der Waals surface area contributed by atoms with E-state index in [1.54, 1.807) is 5.32 Å². The molecule has 0 saturated carbocycles. The number of amides is 1. The standard InChI is InChI=1S/C14H16F3NO3/c1-3-9(2)8-21-12(19)10-6-4-5-7-11(10)18-13(20)14(15,16)17/h4-7,9H,3,8H2,1-2H3,(H,18,20). The minimum Gasteiger partial charge on any atom is -0.462 e. The van der Waals surface area contributed by atoms with Crippen molar-refractivity contribution in [2.24, 2.45) is 5.92 Å². The molecule has 0 radical (unpaired) electrons. The van der Waals surface area contributed by atoms with Crippen molar-refractivity contribution in [1.29, 1.82) is 0 Å². The number of carbonyl (C=O) groups is 2. The van der Waals surface area contributed by atoms with Crippen LogP contribution in [-0.4, -0.2) is 24.7 Å². The molecule has 0 saturated heterocycles. The summed E-state index contributed by atoms with van der Waals surface area (Å²) >= 11 is 0. The number of nitrogens with one attached hydrogen (secondary N) is 1. The summed E-state index contributed by atoms with van der Waals surface area (Å²) in [6.07, 6.45) is -4.21. The molecule has 1 atom stereocenters. The Bertz CT molecular complexity index is 514. The van der Waals surface area contributed by atoms with Crippen LogP contribution in [0.15, 0.2) is 24.3 Å². The molecule has 0 fully saturated rings. The van der Waals surface area contributed by atoms with Gasteiger partial charge in [-0.2, -0.15) is 13.2 Å². The number of para-hydroxylation sites is 1. The van der Waals surface area contributed by atoms with Crippen LogP contribution in [0.25, 0.3) is 0 Å². The van der Waals surface area contributed by atoms with Gasteiger partial charge in [-0.15, -0.1) is 0 Å². The van der Waals surface area contributed by atoms with Crippen molar-refractivity contribution in [3.8, 4) is 0 Å². The van der Waals surface area contributed by atoms with Gasteiger partial charge in [-0.3, -0.25) is 4.79 Å². The third-order valence-corrected chi connectivity index (χ3v) is 2.85. The van der Waals surface area contributed by atoms with E-state index >= 15 is 0 Å². The molecule has 21 heavy (non-hydrogen) atoms. The molecule has 0 heterocycles. The van der Waals surface area contributed by atoms with Crippen LogP contribution in [0, 0.1) is 5.92 Å². The topological polar surface area (TPSA) is 55.4 Å². The molecule has 1 unspecified atom stereocenters. The first-order valence-corrected chi connectivity index (χ1v) is 6.40. The number of esters is 1. The van der Waals surface area contributed by atoms with E-state index in [1.165, 1.54) is 24.3 Å². The minimum absolute atomic E-state index is 0.113. The number of rotatable bonds is 5. The van der Waals surface area contributed by atoms with E-state index in [4.69, 9.17) is 4.74 Å². The number of anilines is 1. The van der Waals surface area contributed by atoms with Gasteiger partial charge in [0.15, 0.2) is 0 Å². The summed E-state index contributed by atoms with van der Waals surface area (Å²) in [5, 5.41) is 1.67. The van der Waals surface area contributed by atoms with Gasteiger partial charge >= 0.3 is 18.1 Å². The van der Waals surface area contributed by atoms with E-state index in [2.05, 4.69) is 0 Å². The number of halogens is 3. The Morgan fingerprint density at radius 2 is 1.90 bits per heavy atom. The van der Waals surface area contributed by atoms with Gasteiger partial charge in [-0.05, 0) is 18.1 Å². The number of ether oxygens (including phenoxy) is 1. The molecule has 0 aliphatic heterocycles. The highest BCUT2D eigenvalue weighted by Crippen LogP contribution is 2.21. The van der Waals surface area contributed by atoms with E-state index in [0.717, 1.165) is 6.42 Å². The zero-order valence-corrected chi connectivity index (χ0v) is 11.7. The first-order valence-electron chi connectivity index (χ1n) is 6.40. The van der Waals surface area contributed by atoms with Crippen LogP contribution in [-0.2, 0) is 9.53 Å². The molecule has 116 valence electrons. The number of alkyl halides is 3. The number of carbonyl (C=O) groups excluding carboxylic acids is 2. The summed E-state index contributed by atoms with van der Waals surface area (Å²) < 4.78 is 41.7. The largest absolute Gasteiger partial charge is 0.471 e. The number of hydrogen-bond donors (Lipinski definition) is 1. The second-order valence-electron chi connectivity index (χ2n) is 4.61. The van der Waals surface area contributed by atoms with Crippen LogP contribution in [0.5, 0.6) is 0 Å². The Labute approximate surface area is 120 Å². The summed E-state index contributed by atoms with van der Waals surface area (Å²) in [4.78, 5) is 22.8. The van der Waals surface area contributed by atoms with Gasteiger partial charge in [0, 0.05) is 0 Å². The summed E-state index contributed by atoms with van der Waals surface area (Å²) in [6.45, 7) is 3.97. The van der Waals surface area contributed by atoms with Gasteiger partial charge in [-0.1, -0.05) is 32.4 Å². The fourth-order valence-electron chi connectivity index (χ4n) is 1.38. The quantitative estimate of drug-likeness (QED) is 0.848. The summed E-state index contributed by atoms with van der Waals surface area (Å²) in [5.41, 5.74) is -0.340. The molecule has 0 aliphatic carbocycles. The van der Waals surface area contributed by atoms with Crippen molar-refractivity contribution in [3.05, 3.63) is 29.8 Å². The maximum absolute atomic E-state index is 12.2. The smallest absolute Gasteiger partial charge is 0.462 e. The Morgan fingerprint density at radius 3 is 2.48 bits per heavy atom. The maximum atomic E-state index is 12.2. The zero-order valence-electron chi connectivity index (χ0n) is 11.7. The van der Waals surface area contributed by atoms with Gasteiger partial charge < -0.3 is 10.1 Å². The second kappa shape index (κ2) is 7.10. The lowest BCUT2D eigenvalue weighted by Crippen LogP contribution is -2.30. The highest BCUT2D eigenvalue weighted by Gasteiger charge is 2.39. The van der Waals surface area contributed by atoms with Crippen LogP contribution < -0.4 is 5.32 Å². The van der Waals surface area contributed by atoms with E-state index in [1.807, 2.05) is 13.8 Å². The lowest BCUT2D eigenvalue weighted by molar-refractivity contribution is -0.167. The number of hydrogen-bond acceptors (Lipinski definition) is 3. The fourth-order valence-corrected chi connectivity index (χ4v) is 1.38. The molecule has 0 aromatic heterocycles. The average Bonchev–Trinajstić information content (AvgIpc) is 2.43. The van der Waals surface area contributed by atoms with Gasteiger partial charge in [0.1, 0.15) is 0 Å². The normalized spacial score (nSPS) is 12.6. The lowest BCUT2D eigenvalue weighted by atomic mass is 10.1. The predicted molar refractivity (Wildman–Crippen MR) is 70.9 cm³/mol. The van der Waals surface area contributed by atoms with Crippen LogP contribution in [0.2, 0.25) is 0 Å². The molecule has 1 aromatic carbocycles. The molecular weight excluding hydrogens is 287 g/mol. The summed E-state index contributed by atoms with van der Waals surface area (Å²) in [6, 6.07) is 5.40. The zero-order chi connectivity index (χ0) is 16.0. The molecule has 0 bridgehead atoms.